The Hall–Kier alpha value is -1.94. The fraction of sp³-hybridized carbons (Fsp3) is 0.867. The number of hydrogen-bond acceptors (Lipinski definition) is 8. The second-order valence-electron chi connectivity index (χ2n) is 6.86. The van der Waals surface area contributed by atoms with Crippen LogP contribution in [0.15, 0.2) is 20.5 Å². The predicted molar refractivity (Wildman–Crippen MR) is 90.1 cm³/mol. The number of nitrogens with two attached hydrogens (primary N) is 2. The Morgan fingerprint density at radius 1 is 0.800 bits per heavy atom. The number of rotatable bonds is 11. The summed E-state index contributed by atoms with van der Waals surface area (Å²) in [4.78, 5) is 20.6. The van der Waals surface area contributed by atoms with Crippen molar-refractivity contribution in [2.75, 3.05) is 0 Å². The molecule has 2 aliphatic heterocycles. The Kier molecular flexibility index (Phi) is 7.56. The van der Waals surface area contributed by atoms with Crippen molar-refractivity contribution in [1.29, 1.82) is 0 Å². The smallest absolute Gasteiger partial charge is 0.320 e. The van der Waals surface area contributed by atoms with Crippen molar-refractivity contribution in [1.82, 2.24) is 0 Å². The molecule has 10 nitrogen and oxygen atoms in total. The molecule has 0 aromatic rings. The highest BCUT2D eigenvalue weighted by Crippen LogP contribution is 2.33. The second kappa shape index (κ2) is 8.95. The molecule has 0 aliphatic carbocycles. The molecule has 2 atom stereocenters. The van der Waals surface area contributed by atoms with Crippen LogP contribution in [-0.4, -0.2) is 45.6 Å². The minimum absolute atomic E-state index is 0.159. The summed E-state index contributed by atoms with van der Waals surface area (Å²) in [6.45, 7) is 3.88. The van der Waals surface area contributed by atoms with E-state index in [0.29, 0.717) is 12.8 Å². The maximum Gasteiger partial charge on any atom is 0.320 e. The summed E-state index contributed by atoms with van der Waals surface area (Å²) in [5.41, 5.74) is 10.3. The Morgan fingerprint density at radius 2 is 1.16 bits per heavy atom. The molecule has 0 unspecified atom stereocenters. The summed E-state index contributed by atoms with van der Waals surface area (Å²) in [7, 11) is 0. The van der Waals surface area contributed by atoms with E-state index < -0.39 is 24.0 Å². The second-order valence-corrected chi connectivity index (χ2v) is 6.86. The van der Waals surface area contributed by atoms with Crippen LogP contribution in [-0.2, 0) is 9.59 Å². The molecule has 6 N–H and O–H groups in total. The lowest BCUT2D eigenvalue weighted by molar-refractivity contribution is -0.139. The Bertz CT molecular complexity index is 524. The zero-order valence-electron chi connectivity index (χ0n) is 14.8. The van der Waals surface area contributed by atoms with Crippen LogP contribution in [0.3, 0.4) is 0 Å². The first-order valence-electron chi connectivity index (χ1n) is 8.42. The highest BCUT2D eigenvalue weighted by atomic mass is 16.4. The molecule has 0 amide bonds. The zero-order chi connectivity index (χ0) is 19.1. The number of unbranched alkanes of at least 4 members (excludes halogenated alkanes) is 1. The quantitative estimate of drug-likeness (QED) is 0.411. The first-order valence-corrected chi connectivity index (χ1v) is 8.42. The molecule has 0 fully saturated rings. The highest BCUT2D eigenvalue weighted by molar-refractivity contribution is 5.73. The molecule has 0 spiro atoms. The summed E-state index contributed by atoms with van der Waals surface area (Å²) in [5, 5.41) is 32.3. The fourth-order valence-electron chi connectivity index (χ4n) is 2.10. The molecule has 0 aromatic carbocycles. The lowest BCUT2D eigenvalue weighted by atomic mass is 10.0. The van der Waals surface area contributed by atoms with Crippen LogP contribution >= 0.6 is 0 Å². The van der Waals surface area contributed by atoms with Crippen molar-refractivity contribution in [3.05, 3.63) is 0 Å². The van der Waals surface area contributed by atoms with Gasteiger partial charge in [-0.2, -0.15) is 20.5 Å². The van der Waals surface area contributed by atoms with Crippen molar-refractivity contribution in [2.45, 2.75) is 82.2 Å². The van der Waals surface area contributed by atoms with E-state index in [-0.39, 0.29) is 11.3 Å². The predicted octanol–water partition coefficient (Wildman–Crippen LogP) is 1.89. The maximum absolute atomic E-state index is 10.3. The van der Waals surface area contributed by atoms with E-state index in [1.807, 2.05) is 13.8 Å². The first kappa shape index (κ1) is 21.1. The maximum atomic E-state index is 10.3. The van der Waals surface area contributed by atoms with E-state index >= 15 is 0 Å². The van der Waals surface area contributed by atoms with E-state index in [1.165, 1.54) is 0 Å². The van der Waals surface area contributed by atoms with Gasteiger partial charge < -0.3 is 21.7 Å². The van der Waals surface area contributed by atoms with Gasteiger partial charge in [0, 0.05) is 0 Å². The van der Waals surface area contributed by atoms with Crippen molar-refractivity contribution in [3.8, 4) is 0 Å². The van der Waals surface area contributed by atoms with Crippen molar-refractivity contribution < 1.29 is 19.8 Å². The lowest BCUT2D eigenvalue weighted by Crippen LogP contribution is -2.30. The lowest BCUT2D eigenvalue weighted by Gasteiger charge is -2.06. The van der Waals surface area contributed by atoms with Crippen LogP contribution in [0.25, 0.3) is 0 Å². The van der Waals surface area contributed by atoms with Crippen LogP contribution < -0.4 is 11.5 Å². The third-order valence-electron chi connectivity index (χ3n) is 4.10. The Labute approximate surface area is 146 Å². The molecule has 25 heavy (non-hydrogen) atoms. The minimum Gasteiger partial charge on any atom is -0.480 e. The van der Waals surface area contributed by atoms with Gasteiger partial charge in [-0.15, -0.1) is 0 Å². The summed E-state index contributed by atoms with van der Waals surface area (Å²) in [5.74, 6) is -1.86. The largest absolute Gasteiger partial charge is 0.480 e. The van der Waals surface area contributed by atoms with Crippen LogP contribution in [0, 0.1) is 0 Å². The number of aliphatic carboxylic acids is 2. The van der Waals surface area contributed by atoms with E-state index in [4.69, 9.17) is 21.7 Å². The molecular formula is C15H28N6O4. The third-order valence-corrected chi connectivity index (χ3v) is 4.10. The minimum atomic E-state index is -0.940. The summed E-state index contributed by atoms with van der Waals surface area (Å²) in [6, 6.07) is -1.46. The number of carbonyl (C=O) groups is 2. The highest BCUT2D eigenvalue weighted by Gasteiger charge is 2.33. The van der Waals surface area contributed by atoms with E-state index in [2.05, 4.69) is 20.5 Å². The normalized spacial score (nSPS) is 20.2. The van der Waals surface area contributed by atoms with Crippen molar-refractivity contribution >= 4 is 11.9 Å². The summed E-state index contributed by atoms with van der Waals surface area (Å²) >= 11 is 0. The van der Waals surface area contributed by atoms with Gasteiger partial charge in [-0.1, -0.05) is 6.42 Å². The van der Waals surface area contributed by atoms with Gasteiger partial charge >= 0.3 is 11.9 Å². The van der Waals surface area contributed by atoms with E-state index in [1.54, 1.807) is 0 Å². The molecule has 142 valence electrons. The topological polar surface area (TPSA) is 176 Å². The molecule has 0 bridgehead atoms. The molecule has 2 rings (SSSR count). The average molecular weight is 356 g/mol. The van der Waals surface area contributed by atoms with Crippen LogP contribution in [0.1, 0.15) is 58.8 Å². The first-order chi connectivity index (χ1) is 11.6. The number of hydrogen-bond donors (Lipinski definition) is 4. The number of nitrogens with zero attached hydrogens (tertiary/aromatic N) is 4. The van der Waals surface area contributed by atoms with Gasteiger partial charge in [0.1, 0.15) is 12.1 Å². The fourth-order valence-corrected chi connectivity index (χ4v) is 2.10. The van der Waals surface area contributed by atoms with Gasteiger partial charge in [-0.05, 0) is 52.4 Å². The summed E-state index contributed by atoms with van der Waals surface area (Å²) < 4.78 is 0. The molecule has 0 saturated heterocycles. The standard InChI is InChI=1S/C8H15N3O2.C7H13N3O2/c1-8(10-11-8)5-3-2-4-6(9)7(12)13;1-7(9-10-7)4-2-3-5(8)6(11)12/h6H,2-5,9H2,1H3,(H,12,13);5H,2-4,8H2,1H3,(H,11,12)/t6-;5-/m00/s1. The Morgan fingerprint density at radius 3 is 1.52 bits per heavy atom. The molecule has 0 saturated carbocycles. The van der Waals surface area contributed by atoms with Crippen LogP contribution in [0.4, 0.5) is 0 Å². The molecule has 0 aromatic heterocycles. The van der Waals surface area contributed by atoms with Crippen molar-refractivity contribution in [3.63, 3.8) is 0 Å². The van der Waals surface area contributed by atoms with Gasteiger partial charge in [-0.3, -0.25) is 9.59 Å². The Balaban J connectivity index is 0.000000251. The zero-order valence-corrected chi connectivity index (χ0v) is 14.8. The molecule has 10 heteroatoms. The van der Waals surface area contributed by atoms with E-state index in [0.717, 1.165) is 32.1 Å². The van der Waals surface area contributed by atoms with Crippen LogP contribution in [0.2, 0.25) is 0 Å². The van der Waals surface area contributed by atoms with Gasteiger partial charge in [0.05, 0.1) is 0 Å². The average Bonchev–Trinajstić information content (AvgIpc) is 3.44. The molecule has 2 aliphatic rings. The van der Waals surface area contributed by atoms with Gasteiger partial charge in [0.25, 0.3) is 0 Å². The molecule has 2 heterocycles. The van der Waals surface area contributed by atoms with Crippen molar-refractivity contribution in [2.24, 2.45) is 31.9 Å². The van der Waals surface area contributed by atoms with Gasteiger partial charge in [0.15, 0.2) is 11.3 Å². The van der Waals surface area contributed by atoms with Gasteiger partial charge in [0.2, 0.25) is 0 Å². The molecule has 0 radical (unpaired) electrons. The van der Waals surface area contributed by atoms with Crippen LogP contribution in [0.5, 0.6) is 0 Å². The van der Waals surface area contributed by atoms with Gasteiger partial charge in [-0.25, -0.2) is 0 Å². The monoisotopic (exact) mass is 356 g/mol. The number of carboxylic acid groups (broad SMARTS) is 2. The number of carboxylic acids is 2. The summed E-state index contributed by atoms with van der Waals surface area (Å²) in [6.07, 6.45) is 5.25. The molecular weight excluding hydrogens is 328 g/mol. The van der Waals surface area contributed by atoms with E-state index in [9.17, 15) is 9.59 Å². The third kappa shape index (κ3) is 9.20. The SMILES string of the molecule is CC1(CCCC[C@H](N)C(=O)O)N=N1.CC1(CCC[C@H](N)C(=O)O)N=N1.